The second-order valence-corrected chi connectivity index (χ2v) is 3.96. The molecular weight excluding hydrogens is 194 g/mol. The van der Waals surface area contributed by atoms with Gasteiger partial charge in [-0.05, 0) is 25.7 Å². The van der Waals surface area contributed by atoms with Crippen LogP contribution in [0.2, 0.25) is 0 Å². The number of nitrogens with zero attached hydrogens (tertiary/aromatic N) is 1. The zero-order valence-corrected chi connectivity index (χ0v) is 9.35. The fourth-order valence-corrected chi connectivity index (χ4v) is 1.62. The molecule has 0 aromatic carbocycles. The van der Waals surface area contributed by atoms with Gasteiger partial charge < -0.3 is 14.7 Å². The van der Waals surface area contributed by atoms with Crippen molar-refractivity contribution in [2.45, 2.75) is 25.8 Å². The van der Waals surface area contributed by atoms with Gasteiger partial charge in [0.05, 0.1) is 6.61 Å². The van der Waals surface area contributed by atoms with Crippen LogP contribution in [0.4, 0.5) is 0 Å². The Morgan fingerprint density at radius 1 is 1.67 bits per heavy atom. The Balaban J connectivity index is 2.46. The van der Waals surface area contributed by atoms with Crippen molar-refractivity contribution < 1.29 is 14.6 Å². The van der Waals surface area contributed by atoms with E-state index >= 15 is 0 Å². The monoisotopic (exact) mass is 213 g/mol. The number of ether oxygens (including phenoxy) is 1. The van der Waals surface area contributed by atoms with E-state index in [0.29, 0.717) is 12.6 Å². The molecule has 0 heterocycles. The number of rotatable bonds is 7. The smallest absolute Gasteiger partial charge is 0.329 e. The highest BCUT2D eigenvalue weighted by Crippen LogP contribution is 2.35. The van der Waals surface area contributed by atoms with Gasteiger partial charge >= 0.3 is 5.97 Å². The van der Waals surface area contributed by atoms with Crippen LogP contribution in [-0.2, 0) is 9.53 Å². The number of carboxylic acid groups (broad SMARTS) is 1. The third-order valence-electron chi connectivity index (χ3n) is 2.79. The van der Waals surface area contributed by atoms with Gasteiger partial charge in [-0.25, -0.2) is 4.79 Å². The highest BCUT2D eigenvalue weighted by Gasteiger charge is 2.30. The number of methoxy groups -OCH3 is 1. The van der Waals surface area contributed by atoms with Crippen LogP contribution < -0.4 is 0 Å². The van der Waals surface area contributed by atoms with E-state index in [2.05, 4.69) is 11.8 Å². The lowest BCUT2D eigenvalue weighted by Gasteiger charge is -2.27. The van der Waals surface area contributed by atoms with Crippen LogP contribution in [0.5, 0.6) is 0 Å². The first kappa shape index (κ1) is 12.0. The predicted molar refractivity (Wildman–Crippen MR) is 57.5 cm³/mol. The minimum absolute atomic E-state index is 0.413. The van der Waals surface area contributed by atoms with Crippen molar-refractivity contribution in [1.29, 1.82) is 0 Å². The summed E-state index contributed by atoms with van der Waals surface area (Å²) in [5.41, 5.74) is 0. The molecule has 1 atom stereocenters. The van der Waals surface area contributed by atoms with E-state index in [1.165, 1.54) is 18.9 Å². The van der Waals surface area contributed by atoms with Crippen LogP contribution in [0, 0.1) is 5.92 Å². The standard InChI is InChI=1S/C11H19NO3/c1-9(10-3-4-10)12(7-8-15-2)6-5-11(13)14/h5-6,9-10H,3-4,7-8H2,1-2H3,(H,13,14). The molecule has 86 valence electrons. The summed E-state index contributed by atoms with van der Waals surface area (Å²) >= 11 is 0. The molecule has 1 aliphatic carbocycles. The fraction of sp³-hybridized carbons (Fsp3) is 0.727. The molecule has 0 aromatic rings. The molecule has 1 fully saturated rings. The fourth-order valence-electron chi connectivity index (χ4n) is 1.62. The summed E-state index contributed by atoms with van der Waals surface area (Å²) < 4.78 is 5.01. The summed E-state index contributed by atoms with van der Waals surface area (Å²) in [6.07, 6.45) is 5.36. The van der Waals surface area contributed by atoms with Gasteiger partial charge in [0, 0.05) is 32.0 Å². The molecule has 1 saturated carbocycles. The summed E-state index contributed by atoms with van der Waals surface area (Å²) in [5.74, 6) is -0.180. The first-order valence-corrected chi connectivity index (χ1v) is 5.31. The van der Waals surface area contributed by atoms with Gasteiger partial charge in [-0.1, -0.05) is 0 Å². The van der Waals surface area contributed by atoms with Crippen LogP contribution in [0.3, 0.4) is 0 Å². The average Bonchev–Trinajstić information content (AvgIpc) is 3.00. The molecule has 0 spiro atoms. The Hall–Kier alpha value is -1.03. The van der Waals surface area contributed by atoms with E-state index in [0.717, 1.165) is 12.5 Å². The Labute approximate surface area is 90.5 Å². The van der Waals surface area contributed by atoms with E-state index in [-0.39, 0.29) is 0 Å². The number of hydrogen-bond acceptors (Lipinski definition) is 3. The van der Waals surface area contributed by atoms with Gasteiger partial charge in [0.2, 0.25) is 0 Å². The summed E-state index contributed by atoms with van der Waals surface area (Å²) in [5, 5.41) is 8.58. The zero-order chi connectivity index (χ0) is 11.3. The largest absolute Gasteiger partial charge is 0.478 e. The molecule has 15 heavy (non-hydrogen) atoms. The highest BCUT2D eigenvalue weighted by atomic mass is 16.5. The number of aliphatic carboxylic acids is 1. The van der Waals surface area contributed by atoms with E-state index in [4.69, 9.17) is 9.84 Å². The Kier molecular flexibility index (Phi) is 4.62. The van der Waals surface area contributed by atoms with Crippen molar-refractivity contribution in [2.24, 2.45) is 5.92 Å². The van der Waals surface area contributed by atoms with E-state index in [9.17, 15) is 4.79 Å². The SMILES string of the molecule is COCCN(C=CC(=O)O)C(C)C1CC1. The molecule has 0 bridgehead atoms. The predicted octanol–water partition coefficient (Wildman–Crippen LogP) is 1.33. The minimum atomic E-state index is -0.902. The normalized spacial score (nSPS) is 18.0. The number of hydrogen-bond donors (Lipinski definition) is 1. The third kappa shape index (κ3) is 4.34. The molecule has 4 heteroatoms. The first-order chi connectivity index (χ1) is 7.15. The average molecular weight is 213 g/mol. The Bertz CT molecular complexity index is 236. The van der Waals surface area contributed by atoms with Gasteiger partial charge in [-0.15, -0.1) is 0 Å². The van der Waals surface area contributed by atoms with Crippen molar-refractivity contribution in [2.75, 3.05) is 20.3 Å². The molecule has 0 saturated heterocycles. The molecule has 0 amide bonds. The molecule has 0 aliphatic heterocycles. The van der Waals surface area contributed by atoms with Crippen LogP contribution in [0.1, 0.15) is 19.8 Å². The topological polar surface area (TPSA) is 49.8 Å². The van der Waals surface area contributed by atoms with Crippen molar-refractivity contribution in [1.82, 2.24) is 4.90 Å². The van der Waals surface area contributed by atoms with Crippen molar-refractivity contribution in [3.63, 3.8) is 0 Å². The molecule has 0 aromatic heterocycles. The quantitative estimate of drug-likeness (QED) is 0.648. The number of carboxylic acids is 1. The second kappa shape index (κ2) is 5.75. The van der Waals surface area contributed by atoms with E-state index in [1.807, 2.05) is 0 Å². The first-order valence-electron chi connectivity index (χ1n) is 5.31. The molecule has 1 unspecified atom stereocenters. The van der Waals surface area contributed by atoms with Crippen LogP contribution in [0.25, 0.3) is 0 Å². The molecule has 4 nitrogen and oxygen atoms in total. The molecular formula is C11H19NO3. The molecule has 1 aliphatic rings. The van der Waals surface area contributed by atoms with E-state index < -0.39 is 5.97 Å². The third-order valence-corrected chi connectivity index (χ3v) is 2.79. The van der Waals surface area contributed by atoms with Gasteiger partial charge in [-0.2, -0.15) is 0 Å². The van der Waals surface area contributed by atoms with Crippen LogP contribution in [-0.4, -0.2) is 42.3 Å². The second-order valence-electron chi connectivity index (χ2n) is 3.96. The summed E-state index contributed by atoms with van der Waals surface area (Å²) in [7, 11) is 1.65. The number of carbonyl (C=O) groups is 1. The van der Waals surface area contributed by atoms with Crippen molar-refractivity contribution >= 4 is 5.97 Å². The summed E-state index contributed by atoms with van der Waals surface area (Å²) in [6, 6.07) is 0.413. The van der Waals surface area contributed by atoms with E-state index in [1.54, 1.807) is 13.3 Å². The lowest BCUT2D eigenvalue weighted by molar-refractivity contribution is -0.131. The van der Waals surface area contributed by atoms with Gasteiger partial charge in [-0.3, -0.25) is 0 Å². The van der Waals surface area contributed by atoms with Gasteiger partial charge in [0.1, 0.15) is 0 Å². The molecule has 0 radical (unpaired) electrons. The summed E-state index contributed by atoms with van der Waals surface area (Å²) in [4.78, 5) is 12.5. The summed E-state index contributed by atoms with van der Waals surface area (Å²) in [6.45, 7) is 3.51. The lowest BCUT2D eigenvalue weighted by Crippen LogP contribution is -2.32. The Morgan fingerprint density at radius 3 is 2.80 bits per heavy atom. The zero-order valence-electron chi connectivity index (χ0n) is 9.35. The Morgan fingerprint density at radius 2 is 2.33 bits per heavy atom. The highest BCUT2D eigenvalue weighted by molar-refractivity contribution is 5.79. The van der Waals surface area contributed by atoms with Crippen molar-refractivity contribution in [3.8, 4) is 0 Å². The maximum atomic E-state index is 10.4. The van der Waals surface area contributed by atoms with Gasteiger partial charge in [0.15, 0.2) is 0 Å². The van der Waals surface area contributed by atoms with Crippen LogP contribution in [0.15, 0.2) is 12.3 Å². The molecule has 1 N–H and O–H groups in total. The lowest BCUT2D eigenvalue weighted by atomic mass is 10.2. The maximum Gasteiger partial charge on any atom is 0.329 e. The maximum absolute atomic E-state index is 10.4. The van der Waals surface area contributed by atoms with Crippen LogP contribution >= 0.6 is 0 Å². The molecule has 1 rings (SSSR count). The van der Waals surface area contributed by atoms with Gasteiger partial charge in [0.25, 0.3) is 0 Å². The minimum Gasteiger partial charge on any atom is -0.478 e. The van der Waals surface area contributed by atoms with Crippen molar-refractivity contribution in [3.05, 3.63) is 12.3 Å².